The van der Waals surface area contributed by atoms with Gasteiger partial charge in [-0.05, 0) is 32.1 Å². The second-order valence-electron chi connectivity index (χ2n) is 4.11. The Morgan fingerprint density at radius 1 is 1.47 bits per heavy atom. The number of amides is 1. The van der Waals surface area contributed by atoms with E-state index in [2.05, 4.69) is 12.2 Å². The number of thioether (sulfide) groups is 1. The second kappa shape index (κ2) is 6.38. The minimum absolute atomic E-state index is 0.277. The molecule has 1 saturated heterocycles. The van der Waals surface area contributed by atoms with Crippen LogP contribution in [-0.2, 0) is 4.79 Å². The van der Waals surface area contributed by atoms with Crippen LogP contribution in [0.4, 0.5) is 0 Å². The first-order valence-corrected chi connectivity index (χ1v) is 6.85. The average Bonchev–Trinajstić information content (AvgIpc) is 2.23. The van der Waals surface area contributed by atoms with Crippen LogP contribution in [0.3, 0.4) is 0 Å². The Kier molecular flexibility index (Phi) is 5.47. The molecule has 0 aliphatic carbocycles. The van der Waals surface area contributed by atoms with E-state index in [-0.39, 0.29) is 5.91 Å². The van der Waals surface area contributed by atoms with Crippen molar-refractivity contribution in [1.29, 1.82) is 0 Å². The lowest BCUT2D eigenvalue weighted by molar-refractivity contribution is -0.130. The summed E-state index contributed by atoms with van der Waals surface area (Å²) < 4.78 is 0. The number of hydrogen-bond acceptors (Lipinski definition) is 3. The number of carbonyl (C=O) groups excluding carboxylic acids is 1. The SMILES string of the molecule is CCN(CC)C(=O)CC1NCC(C)CS1. The molecule has 4 heteroatoms. The number of rotatable bonds is 4. The van der Waals surface area contributed by atoms with E-state index in [1.54, 1.807) is 0 Å². The van der Waals surface area contributed by atoms with Crippen molar-refractivity contribution < 1.29 is 4.79 Å². The molecule has 0 saturated carbocycles. The highest BCUT2D eigenvalue weighted by molar-refractivity contribution is 7.99. The zero-order valence-electron chi connectivity index (χ0n) is 9.95. The Morgan fingerprint density at radius 2 is 2.13 bits per heavy atom. The molecule has 1 aliphatic rings. The fourth-order valence-electron chi connectivity index (χ4n) is 1.73. The molecule has 0 radical (unpaired) electrons. The third-order valence-corrected chi connectivity index (χ3v) is 4.25. The van der Waals surface area contributed by atoms with Crippen LogP contribution in [0, 0.1) is 5.92 Å². The Hall–Kier alpha value is -0.220. The summed E-state index contributed by atoms with van der Waals surface area (Å²) in [6, 6.07) is 0. The summed E-state index contributed by atoms with van der Waals surface area (Å²) in [6.07, 6.45) is 0.638. The molecular formula is C11H22N2OS. The molecule has 2 unspecified atom stereocenters. The fraction of sp³-hybridized carbons (Fsp3) is 0.909. The van der Waals surface area contributed by atoms with Crippen molar-refractivity contribution in [2.24, 2.45) is 5.92 Å². The molecule has 2 atom stereocenters. The topological polar surface area (TPSA) is 32.3 Å². The number of carbonyl (C=O) groups is 1. The van der Waals surface area contributed by atoms with Gasteiger partial charge in [-0.15, -0.1) is 11.8 Å². The highest BCUT2D eigenvalue weighted by Crippen LogP contribution is 2.21. The molecule has 1 fully saturated rings. The lowest BCUT2D eigenvalue weighted by atomic mass is 10.2. The molecular weight excluding hydrogens is 208 g/mol. The Labute approximate surface area is 97.0 Å². The van der Waals surface area contributed by atoms with Crippen molar-refractivity contribution >= 4 is 17.7 Å². The lowest BCUT2D eigenvalue weighted by Crippen LogP contribution is -2.41. The molecule has 0 aromatic heterocycles. The number of hydrogen-bond donors (Lipinski definition) is 1. The summed E-state index contributed by atoms with van der Waals surface area (Å²) in [5.41, 5.74) is 0. The van der Waals surface area contributed by atoms with Crippen LogP contribution in [0.15, 0.2) is 0 Å². The van der Waals surface area contributed by atoms with Crippen molar-refractivity contribution in [3.05, 3.63) is 0 Å². The molecule has 1 heterocycles. The van der Waals surface area contributed by atoms with Crippen molar-refractivity contribution in [1.82, 2.24) is 10.2 Å². The molecule has 1 aliphatic heterocycles. The van der Waals surface area contributed by atoms with E-state index in [0.29, 0.717) is 11.8 Å². The average molecular weight is 230 g/mol. The zero-order chi connectivity index (χ0) is 11.3. The number of nitrogens with zero attached hydrogens (tertiary/aromatic N) is 1. The first-order chi connectivity index (χ1) is 7.17. The minimum Gasteiger partial charge on any atom is -0.343 e. The van der Waals surface area contributed by atoms with E-state index in [0.717, 1.165) is 25.6 Å². The third kappa shape index (κ3) is 4.03. The van der Waals surface area contributed by atoms with Gasteiger partial charge in [-0.3, -0.25) is 4.79 Å². The van der Waals surface area contributed by atoms with E-state index in [9.17, 15) is 4.79 Å². The van der Waals surface area contributed by atoms with E-state index < -0.39 is 0 Å². The van der Waals surface area contributed by atoms with Crippen LogP contribution in [0.1, 0.15) is 27.2 Å². The molecule has 0 spiro atoms. The number of nitrogens with one attached hydrogen (secondary N) is 1. The molecule has 0 aromatic rings. The van der Waals surface area contributed by atoms with Gasteiger partial charge in [0.2, 0.25) is 5.91 Å². The predicted molar refractivity (Wildman–Crippen MR) is 66.0 cm³/mol. The molecule has 3 nitrogen and oxygen atoms in total. The summed E-state index contributed by atoms with van der Waals surface area (Å²) in [7, 11) is 0. The predicted octanol–water partition coefficient (Wildman–Crippen LogP) is 1.54. The summed E-state index contributed by atoms with van der Waals surface area (Å²) >= 11 is 1.88. The van der Waals surface area contributed by atoms with Crippen LogP contribution in [0.2, 0.25) is 0 Å². The van der Waals surface area contributed by atoms with Crippen LogP contribution in [0.5, 0.6) is 0 Å². The van der Waals surface area contributed by atoms with E-state index in [1.807, 2.05) is 30.5 Å². The molecule has 0 bridgehead atoms. The van der Waals surface area contributed by atoms with Crippen LogP contribution >= 0.6 is 11.8 Å². The second-order valence-corrected chi connectivity index (χ2v) is 5.34. The molecule has 1 rings (SSSR count). The van der Waals surface area contributed by atoms with Crippen LogP contribution in [0.25, 0.3) is 0 Å². The van der Waals surface area contributed by atoms with Gasteiger partial charge in [0, 0.05) is 13.1 Å². The molecule has 15 heavy (non-hydrogen) atoms. The Morgan fingerprint density at radius 3 is 2.60 bits per heavy atom. The molecule has 88 valence electrons. The van der Waals surface area contributed by atoms with Gasteiger partial charge < -0.3 is 10.2 Å². The van der Waals surface area contributed by atoms with Crippen LogP contribution < -0.4 is 5.32 Å². The first kappa shape index (κ1) is 12.8. The van der Waals surface area contributed by atoms with Gasteiger partial charge in [-0.25, -0.2) is 0 Å². The Balaban J connectivity index is 2.31. The van der Waals surface area contributed by atoms with Gasteiger partial charge in [0.1, 0.15) is 0 Å². The van der Waals surface area contributed by atoms with Crippen LogP contribution in [-0.4, -0.2) is 41.6 Å². The van der Waals surface area contributed by atoms with Gasteiger partial charge in [-0.2, -0.15) is 0 Å². The van der Waals surface area contributed by atoms with Crippen molar-refractivity contribution in [3.63, 3.8) is 0 Å². The quantitative estimate of drug-likeness (QED) is 0.795. The van der Waals surface area contributed by atoms with Crippen molar-refractivity contribution in [3.8, 4) is 0 Å². The Bertz CT molecular complexity index is 199. The first-order valence-electron chi connectivity index (χ1n) is 5.80. The maximum atomic E-state index is 11.8. The van der Waals surface area contributed by atoms with Gasteiger partial charge in [-0.1, -0.05) is 6.92 Å². The molecule has 1 N–H and O–H groups in total. The van der Waals surface area contributed by atoms with Gasteiger partial charge >= 0.3 is 0 Å². The monoisotopic (exact) mass is 230 g/mol. The summed E-state index contributed by atoms with van der Waals surface area (Å²) in [5.74, 6) is 2.18. The lowest BCUT2D eigenvalue weighted by Gasteiger charge is -2.28. The highest BCUT2D eigenvalue weighted by atomic mass is 32.2. The summed E-state index contributed by atoms with van der Waals surface area (Å²) in [4.78, 5) is 13.7. The fourth-order valence-corrected chi connectivity index (χ4v) is 2.88. The highest BCUT2D eigenvalue weighted by Gasteiger charge is 2.22. The molecule has 0 aromatic carbocycles. The van der Waals surface area contributed by atoms with E-state index in [1.165, 1.54) is 5.75 Å². The zero-order valence-corrected chi connectivity index (χ0v) is 10.8. The largest absolute Gasteiger partial charge is 0.343 e. The van der Waals surface area contributed by atoms with Crippen molar-refractivity contribution in [2.45, 2.75) is 32.6 Å². The van der Waals surface area contributed by atoms with Gasteiger partial charge in [0.15, 0.2) is 0 Å². The molecule has 1 amide bonds. The standard InChI is InChI=1S/C11H22N2OS/c1-4-13(5-2)11(14)6-10-12-7-9(3)8-15-10/h9-10,12H,4-8H2,1-3H3. The minimum atomic E-state index is 0.277. The third-order valence-electron chi connectivity index (χ3n) is 2.75. The van der Waals surface area contributed by atoms with Crippen molar-refractivity contribution in [2.75, 3.05) is 25.4 Å². The smallest absolute Gasteiger partial charge is 0.224 e. The van der Waals surface area contributed by atoms with E-state index in [4.69, 9.17) is 0 Å². The normalized spacial score (nSPS) is 26.3. The van der Waals surface area contributed by atoms with Gasteiger partial charge in [0.05, 0.1) is 11.8 Å². The summed E-state index contributed by atoms with van der Waals surface area (Å²) in [5, 5.41) is 3.75. The van der Waals surface area contributed by atoms with E-state index >= 15 is 0 Å². The van der Waals surface area contributed by atoms with Gasteiger partial charge in [0.25, 0.3) is 0 Å². The maximum absolute atomic E-state index is 11.8. The summed E-state index contributed by atoms with van der Waals surface area (Å²) in [6.45, 7) is 8.99. The maximum Gasteiger partial charge on any atom is 0.224 e.